The first kappa shape index (κ1) is 14.9. The van der Waals surface area contributed by atoms with E-state index in [-0.39, 0.29) is 11.7 Å². The highest BCUT2D eigenvalue weighted by atomic mass is 16.5. The van der Waals surface area contributed by atoms with Gasteiger partial charge >= 0.3 is 6.21 Å². The van der Waals surface area contributed by atoms with E-state index < -0.39 is 0 Å². The van der Waals surface area contributed by atoms with Crippen LogP contribution in [0.4, 0.5) is 0 Å². The van der Waals surface area contributed by atoms with Crippen molar-refractivity contribution >= 4 is 12.0 Å². The number of carbonyl (C=O) groups excluding carboxylic acids is 1. The van der Waals surface area contributed by atoms with Crippen LogP contribution in [-0.4, -0.2) is 23.9 Å². The first-order valence-electron chi connectivity index (χ1n) is 6.08. The molecule has 0 radical (unpaired) electrons. The molecular formula is C15H18N2O2. The maximum absolute atomic E-state index is 11.7. The lowest BCUT2D eigenvalue weighted by atomic mass is 9.90. The highest BCUT2D eigenvalue weighted by Crippen LogP contribution is 2.19. The molecule has 1 atom stereocenters. The molecule has 1 aromatic rings. The average Bonchev–Trinajstić information content (AvgIpc) is 2.39. The minimum Gasteiger partial charge on any atom is -0.497 e. The molecule has 1 rings (SSSR count). The summed E-state index contributed by atoms with van der Waals surface area (Å²) in [5.41, 5.74) is 10.3. The number of methoxy groups -OCH3 is 1. The second kappa shape index (κ2) is 7.29. The molecule has 4 heteroatoms. The van der Waals surface area contributed by atoms with Crippen LogP contribution in [0.25, 0.3) is 5.53 Å². The highest BCUT2D eigenvalue weighted by Gasteiger charge is 2.20. The van der Waals surface area contributed by atoms with E-state index >= 15 is 0 Å². The Kier molecular flexibility index (Phi) is 5.71. The summed E-state index contributed by atoms with van der Waals surface area (Å²) < 4.78 is 5.16. The minimum absolute atomic E-state index is 0.224. The van der Waals surface area contributed by atoms with Crippen molar-refractivity contribution in [1.82, 2.24) is 0 Å². The second-order valence-corrected chi connectivity index (χ2v) is 4.44. The van der Waals surface area contributed by atoms with E-state index in [0.29, 0.717) is 6.42 Å². The van der Waals surface area contributed by atoms with Gasteiger partial charge < -0.3 is 10.3 Å². The van der Waals surface area contributed by atoms with Crippen LogP contribution in [0.5, 0.6) is 5.75 Å². The Balaban J connectivity index is 2.73. The number of hydrogen-bond acceptors (Lipinski definition) is 2. The van der Waals surface area contributed by atoms with Crippen molar-refractivity contribution in [2.24, 2.45) is 5.92 Å². The molecule has 0 aromatic heterocycles. The summed E-state index contributed by atoms with van der Waals surface area (Å²) in [6.07, 6.45) is 2.30. The van der Waals surface area contributed by atoms with Gasteiger partial charge in [-0.1, -0.05) is 24.3 Å². The number of Topliss-reactive ketones (excluding diaryl/α,β-unsaturated/α-hetero) is 1. The zero-order valence-corrected chi connectivity index (χ0v) is 11.3. The summed E-state index contributed by atoms with van der Waals surface area (Å²) >= 11 is 0. The van der Waals surface area contributed by atoms with Crippen LogP contribution in [-0.2, 0) is 11.2 Å². The van der Waals surface area contributed by atoms with E-state index in [4.69, 9.17) is 10.3 Å². The maximum atomic E-state index is 11.7. The Morgan fingerprint density at radius 2 is 2.32 bits per heavy atom. The van der Waals surface area contributed by atoms with Gasteiger partial charge in [0.1, 0.15) is 5.75 Å². The number of allylic oxidation sites excluding steroid dienone is 1. The average molecular weight is 258 g/mol. The lowest BCUT2D eigenvalue weighted by Crippen LogP contribution is -2.17. The van der Waals surface area contributed by atoms with Crippen molar-refractivity contribution in [1.29, 1.82) is 0 Å². The van der Waals surface area contributed by atoms with Gasteiger partial charge in [0.05, 0.1) is 7.11 Å². The largest absolute Gasteiger partial charge is 0.497 e. The predicted octanol–water partition coefficient (Wildman–Crippen LogP) is 2.69. The number of carbonyl (C=O) groups is 1. The molecule has 0 saturated carbocycles. The third-order valence-corrected chi connectivity index (χ3v) is 2.98. The normalized spacial score (nSPS) is 11.3. The van der Waals surface area contributed by atoms with Crippen molar-refractivity contribution < 1.29 is 14.3 Å². The van der Waals surface area contributed by atoms with E-state index in [1.165, 1.54) is 0 Å². The third-order valence-electron chi connectivity index (χ3n) is 2.98. The van der Waals surface area contributed by atoms with E-state index in [0.717, 1.165) is 29.5 Å². The number of ketones is 1. The van der Waals surface area contributed by atoms with Crippen LogP contribution in [0.3, 0.4) is 0 Å². The molecule has 0 N–H and O–H groups in total. The SMILES string of the molecule is C=C(C)[C@H](CCc1cccc(OC)c1)C(=O)C=[N+]=[N-]. The molecule has 19 heavy (non-hydrogen) atoms. The third kappa shape index (κ3) is 4.53. The fraction of sp³-hybridized carbons (Fsp3) is 0.333. The lowest BCUT2D eigenvalue weighted by Gasteiger charge is -2.12. The van der Waals surface area contributed by atoms with Gasteiger partial charge in [-0.05, 0) is 37.5 Å². The molecule has 0 saturated heterocycles. The molecule has 100 valence electrons. The molecule has 4 nitrogen and oxygen atoms in total. The second-order valence-electron chi connectivity index (χ2n) is 4.44. The van der Waals surface area contributed by atoms with Crippen molar-refractivity contribution in [2.45, 2.75) is 19.8 Å². The molecule has 0 bridgehead atoms. The van der Waals surface area contributed by atoms with Gasteiger partial charge in [-0.15, -0.1) is 0 Å². The van der Waals surface area contributed by atoms with Crippen LogP contribution >= 0.6 is 0 Å². The number of aryl methyl sites for hydroxylation is 1. The molecule has 1 aromatic carbocycles. The molecule has 0 aliphatic heterocycles. The minimum atomic E-state index is -0.317. The van der Waals surface area contributed by atoms with Gasteiger partial charge in [0, 0.05) is 5.92 Å². The molecule has 0 amide bonds. The zero-order valence-electron chi connectivity index (χ0n) is 11.3. The van der Waals surface area contributed by atoms with Crippen molar-refractivity contribution in [3.63, 3.8) is 0 Å². The Labute approximate surface area is 113 Å². The molecule has 0 heterocycles. The van der Waals surface area contributed by atoms with Crippen LogP contribution < -0.4 is 4.74 Å². The Morgan fingerprint density at radius 3 is 2.89 bits per heavy atom. The first-order chi connectivity index (χ1) is 9.08. The maximum Gasteiger partial charge on any atom is 0.323 e. The van der Waals surface area contributed by atoms with Crippen LogP contribution in [0.15, 0.2) is 36.4 Å². The van der Waals surface area contributed by atoms with Gasteiger partial charge in [-0.3, -0.25) is 4.79 Å². The van der Waals surface area contributed by atoms with Gasteiger partial charge in [0.25, 0.3) is 0 Å². The quantitative estimate of drug-likeness (QED) is 0.327. The number of hydrogen-bond donors (Lipinski definition) is 0. The summed E-state index contributed by atoms with van der Waals surface area (Å²) in [6, 6.07) is 7.73. The molecule has 0 fully saturated rings. The summed E-state index contributed by atoms with van der Waals surface area (Å²) in [5.74, 6) is 0.257. The van der Waals surface area contributed by atoms with Crippen LogP contribution in [0.1, 0.15) is 18.9 Å². The predicted molar refractivity (Wildman–Crippen MR) is 74.3 cm³/mol. The fourth-order valence-corrected chi connectivity index (χ4v) is 1.92. The van der Waals surface area contributed by atoms with E-state index in [2.05, 4.69) is 11.4 Å². The van der Waals surface area contributed by atoms with E-state index in [1.54, 1.807) is 14.0 Å². The van der Waals surface area contributed by atoms with E-state index in [1.807, 2.05) is 24.3 Å². The molecule has 0 aliphatic carbocycles. The Hall–Kier alpha value is -2.19. The van der Waals surface area contributed by atoms with Gasteiger partial charge in [-0.2, -0.15) is 4.79 Å². The topological polar surface area (TPSA) is 62.7 Å². The monoisotopic (exact) mass is 258 g/mol. The lowest BCUT2D eigenvalue weighted by molar-refractivity contribution is -0.118. The van der Waals surface area contributed by atoms with Crippen molar-refractivity contribution in [3.05, 3.63) is 47.5 Å². The molecule has 0 aliphatic rings. The first-order valence-corrected chi connectivity index (χ1v) is 6.08. The number of nitrogens with zero attached hydrogens (tertiary/aromatic N) is 2. The molecular weight excluding hydrogens is 240 g/mol. The Bertz CT molecular complexity index is 517. The number of benzene rings is 1. The molecule has 0 spiro atoms. The van der Waals surface area contributed by atoms with Crippen molar-refractivity contribution in [3.8, 4) is 5.75 Å². The summed E-state index contributed by atoms with van der Waals surface area (Å²) in [6.45, 7) is 5.62. The standard InChI is InChI=1S/C15H18N2O2/c1-11(2)14(15(18)10-17-16)8-7-12-5-4-6-13(9-12)19-3/h4-6,9-10,14H,1,7-8H2,2-3H3/t14-/m0/s1. The number of rotatable bonds is 7. The fourth-order valence-electron chi connectivity index (χ4n) is 1.92. The van der Waals surface area contributed by atoms with Gasteiger partial charge in [0.15, 0.2) is 0 Å². The highest BCUT2D eigenvalue weighted by molar-refractivity contribution is 6.26. The van der Waals surface area contributed by atoms with Gasteiger partial charge in [-0.25, -0.2) is 0 Å². The summed E-state index contributed by atoms with van der Waals surface area (Å²) in [7, 11) is 1.62. The van der Waals surface area contributed by atoms with Crippen molar-refractivity contribution in [2.75, 3.05) is 7.11 Å². The van der Waals surface area contributed by atoms with Crippen LogP contribution in [0, 0.1) is 5.92 Å². The molecule has 0 unspecified atom stereocenters. The van der Waals surface area contributed by atoms with Crippen LogP contribution in [0.2, 0.25) is 0 Å². The van der Waals surface area contributed by atoms with Gasteiger partial charge in [0.2, 0.25) is 5.78 Å². The summed E-state index contributed by atoms with van der Waals surface area (Å²) in [5, 5.41) is 0. The summed E-state index contributed by atoms with van der Waals surface area (Å²) in [4.78, 5) is 14.5. The van der Waals surface area contributed by atoms with E-state index in [9.17, 15) is 4.79 Å². The zero-order chi connectivity index (χ0) is 14.3. The Morgan fingerprint density at radius 1 is 1.58 bits per heavy atom. The smallest absolute Gasteiger partial charge is 0.323 e. The number of ether oxygens (including phenoxy) is 1.